The van der Waals surface area contributed by atoms with Crippen molar-refractivity contribution in [3.63, 3.8) is 0 Å². The Morgan fingerprint density at radius 2 is 1.46 bits per heavy atom. The number of benzene rings is 1. The molecule has 154 valence electrons. The first-order valence-corrected chi connectivity index (χ1v) is 11.5. The smallest absolute Gasteiger partial charge is 0.195 e. The predicted molar refractivity (Wildman–Crippen MR) is 117 cm³/mol. The van der Waals surface area contributed by atoms with Gasteiger partial charge in [0.2, 0.25) is 0 Å². The van der Waals surface area contributed by atoms with Crippen LogP contribution < -0.4 is 0 Å². The van der Waals surface area contributed by atoms with Crippen LogP contribution >= 0.6 is 0 Å². The Morgan fingerprint density at radius 3 is 2.00 bits per heavy atom. The molecule has 0 bridgehead atoms. The molecule has 0 radical (unpaired) electrons. The summed E-state index contributed by atoms with van der Waals surface area (Å²) < 4.78 is 12.8. The minimum absolute atomic E-state index is 0.625. The number of allylic oxidation sites excluding steroid dienone is 2. The highest BCUT2D eigenvalue weighted by molar-refractivity contribution is 5.22. The van der Waals surface area contributed by atoms with Gasteiger partial charge >= 0.3 is 0 Å². The number of halogens is 1. The maximum Gasteiger partial charge on any atom is 0.196 e. The molecule has 1 aromatic rings. The quantitative estimate of drug-likeness (QED) is 0.264. The van der Waals surface area contributed by atoms with E-state index in [1.54, 1.807) is 6.07 Å². The number of nitriles is 1. The zero-order valence-corrected chi connectivity index (χ0v) is 17.8. The molecule has 0 spiro atoms. The Morgan fingerprint density at radius 1 is 0.929 bits per heavy atom. The highest BCUT2D eigenvalue weighted by atomic mass is 19.1. The maximum absolute atomic E-state index is 12.8. The van der Waals surface area contributed by atoms with E-state index in [-0.39, 0.29) is 0 Å². The number of hydrogen-bond donors (Lipinski definition) is 0. The van der Waals surface area contributed by atoms with Crippen molar-refractivity contribution in [2.75, 3.05) is 0 Å². The van der Waals surface area contributed by atoms with Crippen LogP contribution in [0, 0.1) is 23.2 Å². The van der Waals surface area contributed by atoms with Gasteiger partial charge in [-0.2, -0.15) is 9.65 Å². The summed E-state index contributed by atoms with van der Waals surface area (Å²) in [6, 6.07) is 10.9. The van der Waals surface area contributed by atoms with E-state index in [2.05, 4.69) is 31.2 Å². The average molecular weight is 384 g/mol. The number of rotatable bonds is 12. The van der Waals surface area contributed by atoms with Crippen molar-refractivity contribution in [1.29, 1.82) is 5.26 Å². The normalized spacial score (nSPS) is 20.1. The number of nitrogens with zero attached hydrogens (tertiary/aromatic N) is 1. The fraction of sp³-hybridized carbons (Fsp3) is 0.654. The minimum atomic E-state index is -0.625. The van der Waals surface area contributed by atoms with Crippen LogP contribution in [0.5, 0.6) is 0 Å². The van der Waals surface area contributed by atoms with Crippen LogP contribution in [0.1, 0.15) is 95.1 Å². The standard InChI is InChI=1S/C26H38FN/c1-2-3-4-8-22-13-15-23(16-14-22)9-5-6-10-24-17-19-25(20-18-24)11-7-12-26(27)21-28/h12-16,24-25H,2-11,17-20H2,1H3. The third-order valence-corrected chi connectivity index (χ3v) is 6.39. The van der Waals surface area contributed by atoms with Crippen LogP contribution in [0.3, 0.4) is 0 Å². The molecule has 0 aromatic heterocycles. The van der Waals surface area contributed by atoms with Crippen molar-refractivity contribution < 1.29 is 4.39 Å². The van der Waals surface area contributed by atoms with Crippen molar-refractivity contribution >= 4 is 0 Å². The van der Waals surface area contributed by atoms with Crippen LogP contribution in [0.25, 0.3) is 0 Å². The predicted octanol–water partition coefficient (Wildman–Crippen LogP) is 8.10. The number of hydrogen-bond acceptors (Lipinski definition) is 1. The number of aryl methyl sites for hydroxylation is 2. The summed E-state index contributed by atoms with van der Waals surface area (Å²) in [5.74, 6) is 0.998. The van der Waals surface area contributed by atoms with Gasteiger partial charge in [0.15, 0.2) is 5.83 Å². The molecule has 0 heterocycles. The minimum Gasteiger partial charge on any atom is -0.195 e. The molecule has 2 heteroatoms. The van der Waals surface area contributed by atoms with Crippen LogP contribution in [0.4, 0.5) is 4.39 Å². The molecule has 0 aliphatic heterocycles. The second-order valence-corrected chi connectivity index (χ2v) is 8.65. The van der Waals surface area contributed by atoms with Gasteiger partial charge in [-0.05, 0) is 67.6 Å². The Bertz CT molecular complexity index is 602. The van der Waals surface area contributed by atoms with Gasteiger partial charge in [-0.25, -0.2) is 0 Å². The molecule has 1 aromatic carbocycles. The molecule has 0 unspecified atom stereocenters. The monoisotopic (exact) mass is 383 g/mol. The molecule has 1 aliphatic carbocycles. The average Bonchev–Trinajstić information content (AvgIpc) is 2.73. The summed E-state index contributed by atoms with van der Waals surface area (Å²) in [6.45, 7) is 2.26. The summed E-state index contributed by atoms with van der Waals surface area (Å²) in [7, 11) is 0. The zero-order valence-electron chi connectivity index (χ0n) is 17.8. The van der Waals surface area contributed by atoms with Crippen LogP contribution in [0.15, 0.2) is 36.2 Å². The molecule has 1 fully saturated rings. The van der Waals surface area contributed by atoms with Gasteiger partial charge < -0.3 is 0 Å². The highest BCUT2D eigenvalue weighted by Gasteiger charge is 2.20. The lowest BCUT2D eigenvalue weighted by molar-refractivity contribution is 0.250. The van der Waals surface area contributed by atoms with Gasteiger partial charge in [0, 0.05) is 0 Å². The molecular weight excluding hydrogens is 345 g/mol. The topological polar surface area (TPSA) is 23.8 Å². The lowest BCUT2D eigenvalue weighted by Gasteiger charge is -2.28. The Kier molecular flexibility index (Phi) is 11.0. The maximum atomic E-state index is 12.8. The highest BCUT2D eigenvalue weighted by Crippen LogP contribution is 2.34. The van der Waals surface area contributed by atoms with Crippen LogP contribution in [-0.4, -0.2) is 0 Å². The van der Waals surface area contributed by atoms with Gasteiger partial charge in [0.25, 0.3) is 0 Å². The van der Waals surface area contributed by atoms with E-state index in [0.29, 0.717) is 6.42 Å². The van der Waals surface area contributed by atoms with Gasteiger partial charge in [0.1, 0.15) is 6.07 Å². The molecular formula is C26H38FN. The van der Waals surface area contributed by atoms with Crippen LogP contribution in [0.2, 0.25) is 0 Å². The first-order valence-electron chi connectivity index (χ1n) is 11.5. The first-order chi connectivity index (χ1) is 13.7. The molecule has 1 saturated carbocycles. The van der Waals surface area contributed by atoms with E-state index in [1.165, 1.54) is 94.3 Å². The Hall–Kier alpha value is -1.62. The Balaban J connectivity index is 1.54. The molecule has 0 saturated heterocycles. The summed E-state index contributed by atoms with van der Waals surface area (Å²) >= 11 is 0. The first kappa shape index (κ1) is 22.7. The largest absolute Gasteiger partial charge is 0.196 e. The lowest BCUT2D eigenvalue weighted by Crippen LogP contribution is -2.14. The fourth-order valence-electron chi connectivity index (χ4n) is 4.51. The zero-order chi connectivity index (χ0) is 20.0. The van der Waals surface area contributed by atoms with Gasteiger partial charge in [-0.3, -0.25) is 0 Å². The van der Waals surface area contributed by atoms with Gasteiger partial charge in [-0.15, -0.1) is 0 Å². The summed E-state index contributed by atoms with van der Waals surface area (Å²) in [5.41, 5.74) is 2.97. The summed E-state index contributed by atoms with van der Waals surface area (Å²) in [4.78, 5) is 0. The van der Waals surface area contributed by atoms with E-state index < -0.39 is 5.83 Å². The second kappa shape index (κ2) is 13.5. The lowest BCUT2D eigenvalue weighted by atomic mass is 9.78. The molecule has 0 amide bonds. The molecule has 0 atom stereocenters. The van der Waals surface area contributed by atoms with Crippen molar-refractivity contribution in [2.24, 2.45) is 11.8 Å². The molecule has 1 nitrogen and oxygen atoms in total. The van der Waals surface area contributed by atoms with Gasteiger partial charge in [-0.1, -0.05) is 82.6 Å². The SMILES string of the molecule is CCCCCc1ccc(CCCCC2CCC(CCC=C(F)C#N)CC2)cc1. The van der Waals surface area contributed by atoms with E-state index in [0.717, 1.165) is 18.3 Å². The fourth-order valence-corrected chi connectivity index (χ4v) is 4.51. The Labute approximate surface area is 172 Å². The third-order valence-electron chi connectivity index (χ3n) is 6.39. The third kappa shape index (κ3) is 9.05. The molecule has 28 heavy (non-hydrogen) atoms. The van der Waals surface area contributed by atoms with Crippen molar-refractivity contribution in [3.8, 4) is 6.07 Å². The summed E-state index contributed by atoms with van der Waals surface area (Å²) in [5, 5.41) is 8.44. The summed E-state index contributed by atoms with van der Waals surface area (Å²) in [6.07, 6.45) is 18.8. The molecule has 2 rings (SSSR count). The van der Waals surface area contributed by atoms with Crippen molar-refractivity contribution in [3.05, 3.63) is 47.3 Å². The van der Waals surface area contributed by atoms with E-state index in [4.69, 9.17) is 5.26 Å². The van der Waals surface area contributed by atoms with Crippen LogP contribution in [-0.2, 0) is 12.8 Å². The van der Waals surface area contributed by atoms with Crippen molar-refractivity contribution in [1.82, 2.24) is 0 Å². The van der Waals surface area contributed by atoms with Gasteiger partial charge in [0.05, 0.1) is 0 Å². The second-order valence-electron chi connectivity index (χ2n) is 8.65. The molecule has 1 aliphatic rings. The van der Waals surface area contributed by atoms with E-state index >= 15 is 0 Å². The number of unbranched alkanes of at least 4 members (excludes halogenated alkanes) is 3. The van der Waals surface area contributed by atoms with E-state index in [9.17, 15) is 4.39 Å². The van der Waals surface area contributed by atoms with E-state index in [1.807, 2.05) is 0 Å². The van der Waals surface area contributed by atoms with Crippen molar-refractivity contribution in [2.45, 2.75) is 96.8 Å². The molecule has 0 N–H and O–H groups in total.